The predicted molar refractivity (Wildman–Crippen MR) is 279 cm³/mol. The van der Waals surface area contributed by atoms with Crippen LogP contribution in [0.4, 0.5) is 11.4 Å². The Bertz CT molecular complexity index is 4000. The number of hydrogen-bond acceptors (Lipinski definition) is 3. The van der Waals surface area contributed by atoms with Crippen LogP contribution >= 0.6 is 0 Å². The first-order valence-electron chi connectivity index (χ1n) is 23.3. The molecule has 3 atom stereocenters. The van der Waals surface area contributed by atoms with Crippen molar-refractivity contribution in [1.82, 2.24) is 4.57 Å². The normalized spacial score (nSPS) is 18.9. The van der Waals surface area contributed by atoms with Gasteiger partial charge in [-0.25, -0.2) is 4.99 Å². The van der Waals surface area contributed by atoms with Crippen LogP contribution in [0.15, 0.2) is 234 Å². The molecule has 3 aliphatic rings. The van der Waals surface area contributed by atoms with E-state index in [4.69, 9.17) is 9.98 Å². The van der Waals surface area contributed by atoms with Crippen molar-refractivity contribution in [3.05, 3.63) is 247 Å². The number of aliphatic imine (C=N–C) groups is 2. The number of quaternary nitrogens is 1. The summed E-state index contributed by atoms with van der Waals surface area (Å²) in [5.74, 6) is 1.85. The summed E-state index contributed by atoms with van der Waals surface area (Å²) in [5.41, 5.74) is 10.1. The van der Waals surface area contributed by atoms with Crippen LogP contribution in [0.5, 0.6) is 0 Å². The van der Waals surface area contributed by atoms with Gasteiger partial charge in [-0.05, 0) is 110 Å². The van der Waals surface area contributed by atoms with Gasteiger partial charge in [0.2, 0.25) is 12.0 Å². The van der Waals surface area contributed by atoms with E-state index >= 15 is 0 Å². The van der Waals surface area contributed by atoms with Crippen molar-refractivity contribution in [3.63, 3.8) is 0 Å². The Balaban J connectivity index is 0.970. The quantitative estimate of drug-likeness (QED) is 0.172. The minimum Gasteiger partial charge on any atom is -0.331 e. The lowest BCUT2D eigenvalue weighted by molar-refractivity contribution is -0.586. The molecule has 67 heavy (non-hydrogen) atoms. The second-order valence-electron chi connectivity index (χ2n) is 18.5. The number of anilines is 2. The summed E-state index contributed by atoms with van der Waals surface area (Å²) in [7, 11) is 0. The Morgan fingerprint density at radius 2 is 1.22 bits per heavy atom. The van der Waals surface area contributed by atoms with Gasteiger partial charge in [-0.1, -0.05) is 170 Å². The van der Waals surface area contributed by atoms with Crippen LogP contribution in [0.2, 0.25) is 0 Å². The van der Waals surface area contributed by atoms with Crippen LogP contribution in [0, 0.1) is 0 Å². The van der Waals surface area contributed by atoms with Gasteiger partial charge in [-0.3, -0.25) is 5.32 Å². The number of rotatable bonds is 5. The molecule has 0 fully saturated rings. The summed E-state index contributed by atoms with van der Waals surface area (Å²) >= 11 is 0. The molecule has 3 unspecified atom stereocenters. The van der Waals surface area contributed by atoms with E-state index < -0.39 is 0 Å². The Kier molecular flexibility index (Phi) is 8.25. The standard InChI is InChI=1S/C62H43N5/c1-62-33-14-13-28-54(62)58-48-25-10-7-16-39(48)29-32-55(58)67(62)46-30-31-51-52-35-41-19-5-6-20-42(41)37-56(52)66(57(51)38-46)45-23-15-22-44(34-45)60-63-59(40-17-3-2-4-18-40)64-61(65-60)53-36-43-21-8-9-24-47(43)49-26-11-12-27-50(49)53/h2-38,54,59H,1H3,(H,63,64,65)/p+1. The third-order valence-electron chi connectivity index (χ3n) is 14.7. The second-order valence-corrected chi connectivity index (χ2v) is 18.5. The van der Waals surface area contributed by atoms with Crippen LogP contribution in [0.3, 0.4) is 0 Å². The SMILES string of the molecule is CC12C=CC=CC1c1c(ccc3ccccc13)N2c1ccc2c3cc4ccccc4cc3n(-c3cccc(C4=NC(c5cc6ccccc6c6ccccc56)=NC(c5ccccc5)[NH2+]4)c3)c2c1. The molecule has 5 nitrogen and oxygen atoms in total. The monoisotopic (exact) mass is 858 g/mol. The zero-order valence-corrected chi connectivity index (χ0v) is 36.9. The van der Waals surface area contributed by atoms with E-state index in [-0.39, 0.29) is 17.6 Å². The number of nitrogens with two attached hydrogens (primary N) is 1. The molecule has 14 rings (SSSR count). The van der Waals surface area contributed by atoms with Crippen molar-refractivity contribution in [2.45, 2.75) is 24.5 Å². The van der Waals surface area contributed by atoms with E-state index in [2.05, 4.69) is 246 Å². The van der Waals surface area contributed by atoms with Crippen molar-refractivity contribution < 1.29 is 5.32 Å². The van der Waals surface area contributed by atoms with Crippen molar-refractivity contribution in [3.8, 4) is 5.69 Å². The predicted octanol–water partition coefficient (Wildman–Crippen LogP) is 14.0. The molecule has 0 radical (unpaired) electrons. The molecule has 0 saturated heterocycles. The van der Waals surface area contributed by atoms with E-state index in [1.807, 2.05) is 0 Å². The summed E-state index contributed by atoms with van der Waals surface area (Å²) < 4.78 is 2.47. The van der Waals surface area contributed by atoms with Crippen LogP contribution in [-0.2, 0) is 0 Å². The first kappa shape index (κ1) is 37.9. The van der Waals surface area contributed by atoms with Gasteiger partial charge in [-0.15, -0.1) is 0 Å². The molecule has 0 saturated carbocycles. The van der Waals surface area contributed by atoms with Gasteiger partial charge in [0.1, 0.15) is 0 Å². The molecule has 11 aromatic rings. The summed E-state index contributed by atoms with van der Waals surface area (Å²) in [5, 5.41) is 14.5. The maximum absolute atomic E-state index is 5.48. The van der Waals surface area contributed by atoms with Gasteiger partial charge >= 0.3 is 0 Å². The molecular weight excluding hydrogens is 815 g/mol. The molecule has 1 aromatic heterocycles. The van der Waals surface area contributed by atoms with Crippen LogP contribution in [0.25, 0.3) is 70.6 Å². The fraction of sp³-hybridized carbons (Fsp3) is 0.0645. The molecule has 5 heteroatoms. The lowest BCUT2D eigenvalue weighted by Crippen LogP contribution is -2.90. The smallest absolute Gasteiger partial charge is 0.235 e. The topological polar surface area (TPSA) is 49.5 Å². The highest BCUT2D eigenvalue weighted by molar-refractivity contribution is 6.21. The number of hydrogen-bond donors (Lipinski definition) is 1. The minimum absolute atomic E-state index is 0.204. The number of nitrogens with zero attached hydrogens (tertiary/aromatic N) is 4. The second kappa shape index (κ2) is 14.6. The lowest BCUT2D eigenvalue weighted by Gasteiger charge is -2.39. The van der Waals surface area contributed by atoms with Crippen LogP contribution in [-0.4, -0.2) is 21.8 Å². The Labute approximate surface area is 388 Å². The third-order valence-corrected chi connectivity index (χ3v) is 14.7. The summed E-state index contributed by atoms with van der Waals surface area (Å²) in [6.07, 6.45) is 9.01. The highest BCUT2D eigenvalue weighted by Crippen LogP contribution is 2.56. The number of allylic oxidation sites excluding steroid dienone is 2. The molecule has 0 spiro atoms. The highest BCUT2D eigenvalue weighted by Gasteiger charge is 2.47. The van der Waals surface area contributed by atoms with E-state index in [9.17, 15) is 0 Å². The largest absolute Gasteiger partial charge is 0.331 e. The average Bonchev–Trinajstić information content (AvgIpc) is 3.85. The summed E-state index contributed by atoms with van der Waals surface area (Å²) in [4.78, 5) is 13.5. The molecule has 316 valence electrons. The van der Waals surface area contributed by atoms with Gasteiger partial charge in [0.05, 0.1) is 22.1 Å². The van der Waals surface area contributed by atoms with Crippen LogP contribution in [0.1, 0.15) is 41.3 Å². The van der Waals surface area contributed by atoms with Crippen molar-refractivity contribution in [1.29, 1.82) is 0 Å². The summed E-state index contributed by atoms with van der Waals surface area (Å²) in [6, 6.07) is 73.1. The molecule has 2 aliphatic heterocycles. The minimum atomic E-state index is -0.291. The third kappa shape index (κ3) is 5.78. The summed E-state index contributed by atoms with van der Waals surface area (Å²) in [6.45, 7) is 2.39. The molecule has 0 amide bonds. The number of aromatic nitrogens is 1. The highest BCUT2D eigenvalue weighted by atomic mass is 15.2. The van der Waals surface area contributed by atoms with Gasteiger partial charge in [-0.2, -0.15) is 4.99 Å². The number of fused-ring (bicyclic) bond motifs is 12. The Hall–Kier alpha value is -8.38. The average molecular weight is 859 g/mol. The van der Waals surface area contributed by atoms with Crippen LogP contribution < -0.4 is 10.2 Å². The first-order valence-corrected chi connectivity index (χ1v) is 23.3. The van der Waals surface area contributed by atoms with Gasteiger partial charge < -0.3 is 9.47 Å². The molecule has 0 bridgehead atoms. The van der Waals surface area contributed by atoms with Gasteiger partial charge in [0, 0.05) is 44.9 Å². The maximum atomic E-state index is 5.48. The molecular formula is C62H44N5+. The van der Waals surface area contributed by atoms with Crippen molar-refractivity contribution in [2.24, 2.45) is 9.98 Å². The van der Waals surface area contributed by atoms with E-state index in [0.717, 1.165) is 50.6 Å². The van der Waals surface area contributed by atoms with Crippen molar-refractivity contribution >= 4 is 87.9 Å². The molecule has 10 aromatic carbocycles. The van der Waals surface area contributed by atoms with Crippen molar-refractivity contribution in [2.75, 3.05) is 4.90 Å². The molecule has 3 heterocycles. The molecule has 2 N–H and O–H groups in total. The number of amidine groups is 2. The Morgan fingerprint density at radius 1 is 0.507 bits per heavy atom. The van der Waals surface area contributed by atoms with Gasteiger partial charge in [0.25, 0.3) is 0 Å². The number of benzene rings is 10. The zero-order valence-electron chi connectivity index (χ0n) is 36.9. The zero-order chi connectivity index (χ0) is 44.2. The fourth-order valence-electron chi connectivity index (χ4n) is 11.6. The first-order chi connectivity index (χ1) is 33.1. The molecule has 1 aliphatic carbocycles. The lowest BCUT2D eigenvalue weighted by atomic mass is 9.79. The maximum Gasteiger partial charge on any atom is 0.235 e. The van der Waals surface area contributed by atoms with Gasteiger partial charge in [0.15, 0.2) is 5.84 Å². The fourth-order valence-corrected chi connectivity index (χ4v) is 11.6. The van der Waals surface area contributed by atoms with E-state index in [1.165, 1.54) is 65.2 Å². The Morgan fingerprint density at radius 3 is 2.07 bits per heavy atom. The van der Waals surface area contributed by atoms with E-state index in [0.29, 0.717) is 0 Å². The van der Waals surface area contributed by atoms with E-state index in [1.54, 1.807) is 0 Å².